The molecule has 1 atom stereocenters. The second-order valence-corrected chi connectivity index (χ2v) is 7.14. The lowest BCUT2D eigenvalue weighted by Crippen LogP contribution is -2.18. The third kappa shape index (κ3) is 4.08. The average molecular weight is 367 g/mol. The van der Waals surface area contributed by atoms with Gasteiger partial charge >= 0.3 is 0 Å². The van der Waals surface area contributed by atoms with Crippen LogP contribution in [-0.4, -0.2) is 7.11 Å². The van der Waals surface area contributed by atoms with Crippen molar-refractivity contribution in [3.05, 3.63) is 102 Å². The van der Waals surface area contributed by atoms with E-state index < -0.39 is 0 Å². The largest absolute Gasteiger partial charge is 0.497 e. The van der Waals surface area contributed by atoms with E-state index in [1.165, 1.54) is 33.0 Å². The normalized spacial score (nSPS) is 12.1. The zero-order valence-corrected chi connectivity index (χ0v) is 16.4. The maximum Gasteiger partial charge on any atom is 0.118 e. The first kappa shape index (κ1) is 18.3. The number of hydrogen-bond donors (Lipinski definition) is 1. The monoisotopic (exact) mass is 367 g/mol. The predicted molar refractivity (Wildman–Crippen MR) is 118 cm³/mol. The van der Waals surface area contributed by atoms with Crippen molar-refractivity contribution in [1.82, 2.24) is 5.32 Å². The van der Waals surface area contributed by atoms with Crippen molar-refractivity contribution in [3.63, 3.8) is 0 Å². The number of fused-ring (bicyclic) bond motifs is 1. The molecule has 4 rings (SSSR count). The van der Waals surface area contributed by atoms with E-state index in [1.807, 2.05) is 12.1 Å². The Bertz CT molecular complexity index is 1070. The Kier molecular flexibility index (Phi) is 5.41. The third-order valence-electron chi connectivity index (χ3n) is 5.24. The molecular formula is C26H25NO. The predicted octanol–water partition coefficient (Wildman–Crippen LogP) is 6.37. The van der Waals surface area contributed by atoms with Gasteiger partial charge in [0.15, 0.2) is 0 Å². The Morgan fingerprint density at radius 3 is 2.32 bits per heavy atom. The molecule has 0 amide bonds. The summed E-state index contributed by atoms with van der Waals surface area (Å²) in [7, 11) is 1.69. The molecule has 0 aliphatic heterocycles. The number of nitrogens with one attached hydrogen (secondary N) is 1. The van der Waals surface area contributed by atoms with Crippen LogP contribution >= 0.6 is 0 Å². The smallest absolute Gasteiger partial charge is 0.118 e. The summed E-state index contributed by atoms with van der Waals surface area (Å²) < 4.78 is 5.25. The molecule has 2 nitrogen and oxygen atoms in total. The van der Waals surface area contributed by atoms with Gasteiger partial charge in [0, 0.05) is 12.6 Å². The van der Waals surface area contributed by atoms with Gasteiger partial charge in [0.1, 0.15) is 5.75 Å². The van der Waals surface area contributed by atoms with Gasteiger partial charge in [-0.2, -0.15) is 0 Å². The number of ether oxygens (including phenoxy) is 1. The van der Waals surface area contributed by atoms with E-state index in [0.29, 0.717) is 0 Å². The molecule has 0 fully saturated rings. The lowest BCUT2D eigenvalue weighted by molar-refractivity contribution is 0.415. The van der Waals surface area contributed by atoms with Crippen LogP contribution in [0.25, 0.3) is 21.9 Å². The zero-order valence-electron chi connectivity index (χ0n) is 16.4. The van der Waals surface area contributed by atoms with Crippen LogP contribution < -0.4 is 10.1 Å². The molecule has 28 heavy (non-hydrogen) atoms. The minimum atomic E-state index is 0.286. The summed E-state index contributed by atoms with van der Waals surface area (Å²) in [5, 5.41) is 6.23. The highest BCUT2D eigenvalue weighted by Crippen LogP contribution is 2.24. The van der Waals surface area contributed by atoms with Gasteiger partial charge in [0.05, 0.1) is 7.11 Å². The van der Waals surface area contributed by atoms with Gasteiger partial charge in [0.2, 0.25) is 0 Å². The quantitative estimate of drug-likeness (QED) is 0.428. The molecular weight excluding hydrogens is 342 g/mol. The number of hydrogen-bond acceptors (Lipinski definition) is 2. The second kappa shape index (κ2) is 8.28. The van der Waals surface area contributed by atoms with Crippen LogP contribution in [-0.2, 0) is 6.54 Å². The van der Waals surface area contributed by atoms with E-state index in [0.717, 1.165) is 12.3 Å². The summed E-state index contributed by atoms with van der Waals surface area (Å²) in [5.74, 6) is 0.880. The molecule has 1 N–H and O–H groups in total. The summed E-state index contributed by atoms with van der Waals surface area (Å²) >= 11 is 0. The highest BCUT2D eigenvalue weighted by Gasteiger charge is 2.07. The molecule has 0 heterocycles. The van der Waals surface area contributed by atoms with Crippen molar-refractivity contribution in [2.45, 2.75) is 19.5 Å². The summed E-state index contributed by atoms with van der Waals surface area (Å²) in [6.07, 6.45) is 0. The van der Waals surface area contributed by atoms with Gasteiger partial charge in [-0.05, 0) is 64.2 Å². The Balaban J connectivity index is 1.46. The van der Waals surface area contributed by atoms with Crippen molar-refractivity contribution in [2.75, 3.05) is 7.11 Å². The molecule has 2 heteroatoms. The lowest BCUT2D eigenvalue weighted by Gasteiger charge is -2.16. The van der Waals surface area contributed by atoms with Crippen molar-refractivity contribution in [2.24, 2.45) is 0 Å². The zero-order chi connectivity index (χ0) is 19.3. The Labute approximate surface area is 166 Å². The van der Waals surface area contributed by atoms with Crippen LogP contribution in [0.5, 0.6) is 5.75 Å². The Morgan fingerprint density at radius 2 is 1.54 bits per heavy atom. The fraction of sp³-hybridized carbons (Fsp3) is 0.154. The van der Waals surface area contributed by atoms with E-state index in [1.54, 1.807) is 7.11 Å². The standard InChI is InChI=1S/C26H25NO/c1-19(23-11-10-21-7-3-4-8-25(21)17-23)27-18-20-6-5-9-24(16-20)22-12-14-26(28-2)15-13-22/h3-17,19,27H,18H2,1-2H3/t19-/m1/s1. The highest BCUT2D eigenvalue weighted by atomic mass is 16.5. The maximum absolute atomic E-state index is 5.25. The minimum absolute atomic E-state index is 0.286. The fourth-order valence-corrected chi connectivity index (χ4v) is 3.51. The summed E-state index contributed by atoms with van der Waals surface area (Å²) in [6, 6.07) is 32.4. The van der Waals surface area contributed by atoms with Crippen LogP contribution in [0.1, 0.15) is 24.1 Å². The number of methoxy groups -OCH3 is 1. The first-order valence-electron chi connectivity index (χ1n) is 9.68. The minimum Gasteiger partial charge on any atom is -0.497 e. The molecule has 0 radical (unpaired) electrons. The van der Waals surface area contributed by atoms with Gasteiger partial charge in [-0.15, -0.1) is 0 Å². The van der Waals surface area contributed by atoms with Crippen molar-refractivity contribution >= 4 is 10.8 Å². The van der Waals surface area contributed by atoms with Crippen molar-refractivity contribution < 1.29 is 4.74 Å². The van der Waals surface area contributed by atoms with Gasteiger partial charge in [0.25, 0.3) is 0 Å². The Morgan fingerprint density at radius 1 is 0.750 bits per heavy atom. The lowest BCUT2D eigenvalue weighted by atomic mass is 10.0. The molecule has 0 spiro atoms. The molecule has 0 aliphatic carbocycles. The molecule has 4 aromatic rings. The van der Waals surface area contributed by atoms with Crippen molar-refractivity contribution in [3.8, 4) is 16.9 Å². The second-order valence-electron chi connectivity index (χ2n) is 7.14. The summed E-state index contributed by atoms with van der Waals surface area (Å²) in [4.78, 5) is 0. The van der Waals surface area contributed by atoms with E-state index in [-0.39, 0.29) is 6.04 Å². The average Bonchev–Trinajstić information content (AvgIpc) is 2.77. The van der Waals surface area contributed by atoms with Crippen molar-refractivity contribution in [1.29, 1.82) is 0 Å². The molecule has 140 valence electrons. The van der Waals surface area contributed by atoms with E-state index in [2.05, 4.69) is 91.1 Å². The van der Waals surface area contributed by atoms with Gasteiger partial charge < -0.3 is 10.1 Å². The number of rotatable bonds is 6. The molecule has 0 bridgehead atoms. The van der Waals surface area contributed by atoms with E-state index in [4.69, 9.17) is 4.74 Å². The summed E-state index contributed by atoms with van der Waals surface area (Å²) in [5.41, 5.74) is 5.01. The molecule has 0 aliphatic rings. The molecule has 0 saturated carbocycles. The summed E-state index contributed by atoms with van der Waals surface area (Å²) in [6.45, 7) is 3.05. The number of benzene rings is 4. The first-order valence-corrected chi connectivity index (χ1v) is 9.68. The van der Waals surface area contributed by atoms with Crippen LogP contribution in [0.15, 0.2) is 91.0 Å². The molecule has 0 unspecified atom stereocenters. The molecule has 0 saturated heterocycles. The van der Waals surface area contributed by atoms with E-state index >= 15 is 0 Å². The van der Waals surface area contributed by atoms with Gasteiger partial charge in [-0.1, -0.05) is 66.7 Å². The van der Waals surface area contributed by atoms with Crippen LogP contribution in [0.3, 0.4) is 0 Å². The van der Waals surface area contributed by atoms with Crippen LogP contribution in [0, 0.1) is 0 Å². The van der Waals surface area contributed by atoms with Crippen LogP contribution in [0.2, 0.25) is 0 Å². The van der Waals surface area contributed by atoms with Crippen LogP contribution in [0.4, 0.5) is 0 Å². The highest BCUT2D eigenvalue weighted by molar-refractivity contribution is 5.83. The molecule has 0 aromatic heterocycles. The maximum atomic E-state index is 5.25. The van der Waals surface area contributed by atoms with Gasteiger partial charge in [-0.25, -0.2) is 0 Å². The Hall–Kier alpha value is -3.10. The van der Waals surface area contributed by atoms with Gasteiger partial charge in [-0.3, -0.25) is 0 Å². The van der Waals surface area contributed by atoms with E-state index in [9.17, 15) is 0 Å². The topological polar surface area (TPSA) is 21.3 Å². The molecule has 4 aromatic carbocycles. The fourth-order valence-electron chi connectivity index (χ4n) is 3.51. The first-order chi connectivity index (χ1) is 13.7. The third-order valence-corrected chi connectivity index (χ3v) is 5.24. The SMILES string of the molecule is COc1ccc(-c2cccc(CN[C@H](C)c3ccc4ccccc4c3)c2)cc1.